The predicted octanol–water partition coefficient (Wildman–Crippen LogP) is 4.93. The number of amides is 1. The summed E-state index contributed by atoms with van der Waals surface area (Å²) in [7, 11) is -4.11. The van der Waals surface area contributed by atoms with Crippen molar-refractivity contribution in [1.29, 1.82) is 0 Å². The maximum absolute atomic E-state index is 13.3. The van der Waals surface area contributed by atoms with Crippen molar-refractivity contribution in [3.05, 3.63) is 88.7 Å². The zero-order chi connectivity index (χ0) is 21.9. The minimum atomic E-state index is -4.11. The van der Waals surface area contributed by atoms with Crippen LogP contribution in [0.25, 0.3) is 0 Å². The van der Waals surface area contributed by atoms with Gasteiger partial charge in [0.1, 0.15) is 12.4 Å². The zero-order valence-corrected chi connectivity index (χ0v) is 18.0. The first-order valence-electron chi connectivity index (χ1n) is 9.08. The minimum absolute atomic E-state index is 0.115. The summed E-state index contributed by atoms with van der Waals surface area (Å²) < 4.78 is 40.8. The Morgan fingerprint density at radius 3 is 2.27 bits per heavy atom. The van der Waals surface area contributed by atoms with Crippen molar-refractivity contribution in [3.63, 3.8) is 0 Å². The van der Waals surface area contributed by atoms with Crippen LogP contribution in [0.1, 0.15) is 11.1 Å². The van der Waals surface area contributed by atoms with Gasteiger partial charge in [-0.25, -0.2) is 12.8 Å². The molecule has 1 N–H and O–H groups in total. The lowest BCUT2D eigenvalue weighted by Gasteiger charge is -2.24. The summed E-state index contributed by atoms with van der Waals surface area (Å²) in [6.07, 6.45) is 0. The molecule has 0 unspecified atom stereocenters. The number of nitrogens with zero attached hydrogens (tertiary/aromatic N) is 1. The highest BCUT2D eigenvalue weighted by atomic mass is 35.5. The van der Waals surface area contributed by atoms with Crippen LogP contribution < -0.4 is 9.62 Å². The van der Waals surface area contributed by atoms with E-state index in [9.17, 15) is 17.6 Å². The molecule has 5 nitrogen and oxygen atoms in total. The quantitative estimate of drug-likeness (QED) is 0.583. The van der Waals surface area contributed by atoms with Crippen molar-refractivity contribution in [3.8, 4) is 0 Å². The predicted molar refractivity (Wildman–Crippen MR) is 117 cm³/mol. The second-order valence-corrected chi connectivity index (χ2v) is 9.03. The molecule has 0 saturated heterocycles. The fraction of sp³-hybridized carbons (Fsp3) is 0.136. The largest absolute Gasteiger partial charge is 0.324 e. The molecule has 0 spiro atoms. The molecule has 0 atom stereocenters. The van der Waals surface area contributed by atoms with Gasteiger partial charge in [0.15, 0.2) is 0 Å². The number of aryl methyl sites for hydroxylation is 1. The summed E-state index contributed by atoms with van der Waals surface area (Å²) in [5, 5.41) is 3.19. The average molecular weight is 447 g/mol. The van der Waals surface area contributed by atoms with Crippen molar-refractivity contribution in [2.75, 3.05) is 16.2 Å². The van der Waals surface area contributed by atoms with Gasteiger partial charge in [-0.2, -0.15) is 0 Å². The van der Waals surface area contributed by atoms with E-state index in [1.54, 1.807) is 49.4 Å². The Bertz CT molecular complexity index is 1160. The molecule has 0 aliphatic heterocycles. The second kappa shape index (κ2) is 8.85. The van der Waals surface area contributed by atoms with Gasteiger partial charge in [0.2, 0.25) is 5.91 Å². The molecule has 0 radical (unpaired) electrons. The highest BCUT2D eigenvalue weighted by Crippen LogP contribution is 2.26. The van der Waals surface area contributed by atoms with Gasteiger partial charge in [0, 0.05) is 10.7 Å². The molecule has 0 fully saturated rings. The van der Waals surface area contributed by atoms with E-state index in [1.165, 1.54) is 12.1 Å². The number of benzene rings is 3. The molecule has 30 heavy (non-hydrogen) atoms. The highest BCUT2D eigenvalue weighted by molar-refractivity contribution is 7.92. The van der Waals surface area contributed by atoms with Crippen LogP contribution in [0, 0.1) is 19.7 Å². The maximum atomic E-state index is 13.3. The maximum Gasteiger partial charge on any atom is 0.264 e. The summed E-state index contributed by atoms with van der Waals surface area (Å²) in [6.45, 7) is 3.16. The van der Waals surface area contributed by atoms with E-state index >= 15 is 0 Å². The Balaban J connectivity index is 1.95. The molecule has 3 aromatic rings. The van der Waals surface area contributed by atoms with Crippen LogP contribution in [0.3, 0.4) is 0 Å². The number of halogens is 2. The fourth-order valence-electron chi connectivity index (χ4n) is 2.82. The van der Waals surface area contributed by atoms with Crippen molar-refractivity contribution in [2.24, 2.45) is 0 Å². The molecule has 3 rings (SSSR count). The summed E-state index contributed by atoms with van der Waals surface area (Å²) in [4.78, 5) is 12.6. The van der Waals surface area contributed by atoms with Crippen LogP contribution in [0.4, 0.5) is 15.8 Å². The zero-order valence-electron chi connectivity index (χ0n) is 16.4. The topological polar surface area (TPSA) is 66.5 Å². The number of carbonyl (C=O) groups excluding carboxylic acids is 1. The van der Waals surface area contributed by atoms with Gasteiger partial charge < -0.3 is 5.32 Å². The summed E-state index contributed by atoms with van der Waals surface area (Å²) in [5.74, 6) is -1.09. The Hall–Kier alpha value is -2.90. The Labute approximate surface area is 180 Å². The van der Waals surface area contributed by atoms with Gasteiger partial charge in [0.05, 0.1) is 10.6 Å². The number of anilines is 2. The van der Waals surface area contributed by atoms with Crippen LogP contribution in [-0.2, 0) is 14.8 Å². The molecule has 1 amide bonds. The fourth-order valence-corrected chi connectivity index (χ4v) is 4.42. The van der Waals surface area contributed by atoms with Gasteiger partial charge in [0.25, 0.3) is 10.0 Å². The lowest BCUT2D eigenvalue weighted by molar-refractivity contribution is -0.114. The summed E-state index contributed by atoms with van der Waals surface area (Å²) in [6, 6.07) is 16.3. The van der Waals surface area contributed by atoms with Crippen LogP contribution in [0.5, 0.6) is 0 Å². The van der Waals surface area contributed by atoms with Gasteiger partial charge in [-0.1, -0.05) is 35.4 Å². The monoisotopic (exact) mass is 446 g/mol. The standard InChI is InChI=1S/C22H20ClFN2O3S/c1-15-6-10-18(11-7-15)26(30(28,29)19-12-8-17(24)9-13-19)14-22(27)25-21-5-3-4-20(23)16(21)2/h3-13H,14H2,1-2H3,(H,25,27). The van der Waals surface area contributed by atoms with E-state index in [0.717, 1.165) is 22.0 Å². The molecule has 0 aromatic heterocycles. The molecule has 0 saturated carbocycles. The van der Waals surface area contributed by atoms with Crippen LogP contribution in [0.2, 0.25) is 5.02 Å². The number of sulfonamides is 1. The van der Waals surface area contributed by atoms with Crippen LogP contribution in [-0.4, -0.2) is 20.9 Å². The number of nitrogens with one attached hydrogen (secondary N) is 1. The lowest BCUT2D eigenvalue weighted by atomic mass is 10.2. The van der Waals surface area contributed by atoms with Gasteiger partial charge >= 0.3 is 0 Å². The van der Waals surface area contributed by atoms with E-state index in [4.69, 9.17) is 11.6 Å². The van der Waals surface area contributed by atoms with Crippen molar-refractivity contribution in [2.45, 2.75) is 18.7 Å². The van der Waals surface area contributed by atoms with E-state index in [1.807, 2.05) is 6.92 Å². The van der Waals surface area contributed by atoms with Crippen molar-refractivity contribution in [1.82, 2.24) is 0 Å². The molecule has 3 aromatic carbocycles. The van der Waals surface area contributed by atoms with Crippen molar-refractivity contribution >= 4 is 38.9 Å². The SMILES string of the molecule is Cc1ccc(N(CC(=O)Nc2cccc(Cl)c2C)S(=O)(=O)c2ccc(F)cc2)cc1. The number of hydrogen-bond donors (Lipinski definition) is 1. The first-order chi connectivity index (χ1) is 14.2. The molecule has 0 bridgehead atoms. The van der Waals surface area contributed by atoms with Gasteiger partial charge in [-0.3, -0.25) is 9.10 Å². The molecule has 0 heterocycles. The van der Waals surface area contributed by atoms with E-state index < -0.39 is 28.3 Å². The third kappa shape index (κ3) is 4.80. The highest BCUT2D eigenvalue weighted by Gasteiger charge is 2.27. The van der Waals surface area contributed by atoms with Crippen LogP contribution in [0.15, 0.2) is 71.6 Å². The first kappa shape index (κ1) is 21.8. The smallest absolute Gasteiger partial charge is 0.264 e. The summed E-state index contributed by atoms with van der Waals surface area (Å²) in [5.41, 5.74) is 2.44. The van der Waals surface area contributed by atoms with Crippen molar-refractivity contribution < 1.29 is 17.6 Å². The lowest BCUT2D eigenvalue weighted by Crippen LogP contribution is -2.38. The van der Waals surface area contributed by atoms with Gasteiger partial charge in [-0.05, 0) is 67.9 Å². The molecule has 156 valence electrons. The Morgan fingerprint density at radius 2 is 1.63 bits per heavy atom. The number of hydrogen-bond acceptors (Lipinski definition) is 3. The Kier molecular flexibility index (Phi) is 6.43. The normalized spacial score (nSPS) is 11.2. The Morgan fingerprint density at radius 1 is 1.00 bits per heavy atom. The molecule has 0 aliphatic carbocycles. The third-order valence-electron chi connectivity index (χ3n) is 4.55. The second-order valence-electron chi connectivity index (χ2n) is 6.76. The minimum Gasteiger partial charge on any atom is -0.324 e. The van der Waals surface area contributed by atoms with E-state index in [2.05, 4.69) is 5.32 Å². The molecular weight excluding hydrogens is 427 g/mol. The molecule has 8 heteroatoms. The third-order valence-corrected chi connectivity index (χ3v) is 6.75. The van der Waals surface area contributed by atoms with Gasteiger partial charge in [-0.15, -0.1) is 0 Å². The summed E-state index contributed by atoms with van der Waals surface area (Å²) >= 11 is 6.09. The van der Waals surface area contributed by atoms with E-state index in [-0.39, 0.29) is 4.90 Å². The van der Waals surface area contributed by atoms with E-state index in [0.29, 0.717) is 22.0 Å². The molecule has 0 aliphatic rings. The number of carbonyl (C=O) groups is 1. The first-order valence-corrected chi connectivity index (χ1v) is 10.9. The number of rotatable bonds is 6. The molecular formula is C22H20ClFN2O3S. The van der Waals surface area contributed by atoms with Crippen LogP contribution >= 0.6 is 11.6 Å². The average Bonchev–Trinajstić information content (AvgIpc) is 2.71.